The summed E-state index contributed by atoms with van der Waals surface area (Å²) in [7, 11) is 0. The predicted octanol–water partition coefficient (Wildman–Crippen LogP) is 5.04. The minimum atomic E-state index is 0.343. The number of rotatable bonds is 10. The predicted molar refractivity (Wildman–Crippen MR) is 91.9 cm³/mol. The minimum Gasteiger partial charge on any atom is -0.494 e. The molecule has 1 rings (SSSR count). The molecule has 0 aliphatic carbocycles. The van der Waals surface area contributed by atoms with Crippen LogP contribution in [0.25, 0.3) is 0 Å². The summed E-state index contributed by atoms with van der Waals surface area (Å²) in [6, 6.07) is 10.7. The topological polar surface area (TPSA) is 21.3 Å². The van der Waals surface area contributed by atoms with Crippen LogP contribution in [0.4, 0.5) is 0 Å². The second-order valence-electron chi connectivity index (χ2n) is 6.88. The Bertz CT molecular complexity index is 356. The van der Waals surface area contributed by atoms with E-state index in [4.69, 9.17) is 4.74 Å². The van der Waals surface area contributed by atoms with Gasteiger partial charge in [-0.15, -0.1) is 0 Å². The van der Waals surface area contributed by atoms with E-state index in [0.29, 0.717) is 11.5 Å². The van der Waals surface area contributed by atoms with Gasteiger partial charge in [0.05, 0.1) is 6.61 Å². The summed E-state index contributed by atoms with van der Waals surface area (Å²) in [5.74, 6) is 0.981. The Labute approximate surface area is 131 Å². The highest BCUT2D eigenvalue weighted by molar-refractivity contribution is 5.20. The number of hydrogen-bond donors (Lipinski definition) is 1. The van der Waals surface area contributed by atoms with Crippen molar-refractivity contribution in [3.05, 3.63) is 30.3 Å². The van der Waals surface area contributed by atoms with Crippen LogP contribution in [0.1, 0.15) is 59.8 Å². The molecule has 120 valence electrons. The van der Waals surface area contributed by atoms with Gasteiger partial charge < -0.3 is 10.1 Å². The van der Waals surface area contributed by atoms with E-state index in [1.54, 1.807) is 0 Å². The van der Waals surface area contributed by atoms with Gasteiger partial charge in [-0.05, 0) is 43.4 Å². The lowest BCUT2D eigenvalue weighted by atomic mass is 9.83. The van der Waals surface area contributed by atoms with Crippen LogP contribution in [0.2, 0.25) is 0 Å². The van der Waals surface area contributed by atoms with Gasteiger partial charge in [-0.2, -0.15) is 0 Å². The van der Waals surface area contributed by atoms with Crippen LogP contribution in [-0.4, -0.2) is 19.2 Å². The van der Waals surface area contributed by atoms with Crippen molar-refractivity contribution in [3.8, 4) is 5.75 Å². The summed E-state index contributed by atoms with van der Waals surface area (Å²) in [6.07, 6.45) is 6.12. The quantitative estimate of drug-likeness (QED) is 0.610. The molecule has 21 heavy (non-hydrogen) atoms. The van der Waals surface area contributed by atoms with Gasteiger partial charge in [0.15, 0.2) is 0 Å². The van der Waals surface area contributed by atoms with Crippen LogP contribution < -0.4 is 10.1 Å². The Hall–Kier alpha value is -1.02. The highest BCUT2D eigenvalue weighted by Gasteiger charge is 2.22. The zero-order valence-electron chi connectivity index (χ0n) is 14.3. The summed E-state index contributed by atoms with van der Waals surface area (Å²) in [5, 5.41) is 3.69. The number of hydrogen-bond acceptors (Lipinski definition) is 2. The fourth-order valence-corrected chi connectivity index (χ4v) is 2.49. The first-order chi connectivity index (χ1) is 10.0. The first-order valence-electron chi connectivity index (χ1n) is 8.45. The lowest BCUT2D eigenvalue weighted by Gasteiger charge is -2.32. The van der Waals surface area contributed by atoms with Gasteiger partial charge in [0.1, 0.15) is 5.75 Å². The largest absolute Gasteiger partial charge is 0.494 e. The Morgan fingerprint density at radius 3 is 2.38 bits per heavy atom. The SMILES string of the molecule is CCCNC(CCCCCOc1ccccc1)C(C)(C)C. The first-order valence-corrected chi connectivity index (χ1v) is 8.45. The lowest BCUT2D eigenvalue weighted by molar-refractivity contribution is 0.245. The van der Waals surface area contributed by atoms with Crippen LogP contribution in [0, 0.1) is 5.41 Å². The molecule has 0 saturated carbocycles. The third kappa shape index (κ3) is 8.11. The Morgan fingerprint density at radius 1 is 1.05 bits per heavy atom. The van der Waals surface area contributed by atoms with Crippen molar-refractivity contribution in [2.24, 2.45) is 5.41 Å². The first kappa shape index (κ1) is 18.0. The van der Waals surface area contributed by atoms with E-state index in [0.717, 1.165) is 25.3 Å². The van der Waals surface area contributed by atoms with Gasteiger partial charge >= 0.3 is 0 Å². The number of benzene rings is 1. The standard InChI is InChI=1S/C19H33NO/c1-5-15-20-18(19(2,3)4)14-10-7-11-16-21-17-12-8-6-9-13-17/h6,8-9,12-13,18,20H,5,7,10-11,14-16H2,1-4H3. The van der Waals surface area contributed by atoms with E-state index in [2.05, 4.69) is 33.0 Å². The van der Waals surface area contributed by atoms with Crippen molar-refractivity contribution in [3.63, 3.8) is 0 Å². The highest BCUT2D eigenvalue weighted by atomic mass is 16.5. The van der Waals surface area contributed by atoms with E-state index in [9.17, 15) is 0 Å². The monoisotopic (exact) mass is 291 g/mol. The van der Waals surface area contributed by atoms with E-state index in [-0.39, 0.29) is 0 Å². The Kier molecular flexibility index (Phi) is 8.44. The second-order valence-corrected chi connectivity index (χ2v) is 6.88. The third-order valence-corrected chi connectivity index (χ3v) is 3.84. The third-order valence-electron chi connectivity index (χ3n) is 3.84. The maximum absolute atomic E-state index is 5.73. The van der Waals surface area contributed by atoms with E-state index >= 15 is 0 Å². The van der Waals surface area contributed by atoms with Crippen LogP contribution in [0.3, 0.4) is 0 Å². The molecule has 0 amide bonds. The van der Waals surface area contributed by atoms with Crippen molar-refractivity contribution < 1.29 is 4.74 Å². The summed E-state index contributed by atoms with van der Waals surface area (Å²) in [6.45, 7) is 11.2. The van der Waals surface area contributed by atoms with Gasteiger partial charge in [0, 0.05) is 6.04 Å². The zero-order chi connectivity index (χ0) is 15.6. The molecule has 2 heteroatoms. The highest BCUT2D eigenvalue weighted by Crippen LogP contribution is 2.23. The van der Waals surface area contributed by atoms with Crippen molar-refractivity contribution >= 4 is 0 Å². The second kappa shape index (κ2) is 9.83. The van der Waals surface area contributed by atoms with Gasteiger partial charge in [-0.25, -0.2) is 0 Å². The number of ether oxygens (including phenoxy) is 1. The molecule has 0 radical (unpaired) electrons. The molecular formula is C19H33NO. The fraction of sp³-hybridized carbons (Fsp3) is 0.684. The number of unbranched alkanes of at least 4 members (excludes halogenated alkanes) is 2. The molecule has 0 heterocycles. The van der Waals surface area contributed by atoms with Crippen molar-refractivity contribution in [1.29, 1.82) is 0 Å². The van der Waals surface area contributed by atoms with E-state index in [1.165, 1.54) is 25.7 Å². The molecule has 0 aromatic heterocycles. The summed E-state index contributed by atoms with van der Waals surface area (Å²) in [5.41, 5.74) is 0.343. The summed E-state index contributed by atoms with van der Waals surface area (Å²) in [4.78, 5) is 0. The minimum absolute atomic E-state index is 0.343. The van der Waals surface area contributed by atoms with Crippen LogP contribution in [0.15, 0.2) is 30.3 Å². The molecule has 1 N–H and O–H groups in total. The van der Waals surface area contributed by atoms with Gasteiger partial charge in [-0.3, -0.25) is 0 Å². The lowest BCUT2D eigenvalue weighted by Crippen LogP contribution is -2.40. The van der Waals surface area contributed by atoms with Crippen LogP contribution in [-0.2, 0) is 0 Å². The van der Waals surface area contributed by atoms with E-state index in [1.807, 2.05) is 30.3 Å². The fourth-order valence-electron chi connectivity index (χ4n) is 2.49. The van der Waals surface area contributed by atoms with E-state index < -0.39 is 0 Å². The molecular weight excluding hydrogens is 258 g/mol. The zero-order valence-corrected chi connectivity index (χ0v) is 14.3. The Morgan fingerprint density at radius 2 is 1.76 bits per heavy atom. The molecule has 0 spiro atoms. The molecule has 0 aliphatic rings. The Balaban J connectivity index is 2.13. The molecule has 0 aliphatic heterocycles. The van der Waals surface area contributed by atoms with Gasteiger partial charge in [0.25, 0.3) is 0 Å². The van der Waals surface area contributed by atoms with Crippen LogP contribution >= 0.6 is 0 Å². The number of nitrogens with one attached hydrogen (secondary N) is 1. The smallest absolute Gasteiger partial charge is 0.119 e. The number of para-hydroxylation sites is 1. The van der Waals surface area contributed by atoms with Crippen LogP contribution in [0.5, 0.6) is 5.75 Å². The van der Waals surface area contributed by atoms with Gasteiger partial charge in [-0.1, -0.05) is 58.7 Å². The summed E-state index contributed by atoms with van der Waals surface area (Å²) >= 11 is 0. The molecule has 2 nitrogen and oxygen atoms in total. The maximum atomic E-state index is 5.73. The van der Waals surface area contributed by atoms with Gasteiger partial charge in [0.2, 0.25) is 0 Å². The van der Waals surface area contributed by atoms with Crippen molar-refractivity contribution in [1.82, 2.24) is 5.32 Å². The average Bonchev–Trinajstić information content (AvgIpc) is 2.45. The molecule has 1 aromatic carbocycles. The maximum Gasteiger partial charge on any atom is 0.119 e. The molecule has 0 saturated heterocycles. The van der Waals surface area contributed by atoms with Crippen molar-refractivity contribution in [2.75, 3.05) is 13.2 Å². The molecule has 1 unspecified atom stereocenters. The van der Waals surface area contributed by atoms with Crippen molar-refractivity contribution in [2.45, 2.75) is 65.8 Å². The average molecular weight is 291 g/mol. The molecule has 0 bridgehead atoms. The molecule has 0 fully saturated rings. The molecule has 1 aromatic rings. The molecule has 1 atom stereocenters. The summed E-state index contributed by atoms with van der Waals surface area (Å²) < 4.78 is 5.73. The normalized spacial score (nSPS) is 13.1.